The predicted octanol–water partition coefficient (Wildman–Crippen LogP) is 1.77. The summed E-state index contributed by atoms with van der Waals surface area (Å²) in [6, 6.07) is 4.65. The van der Waals surface area contributed by atoms with Crippen LogP contribution in [0.1, 0.15) is 12.8 Å². The lowest BCUT2D eigenvalue weighted by atomic mass is 10.0. The Morgan fingerprint density at radius 2 is 2.14 bits per heavy atom. The fraction of sp³-hybridized carbons (Fsp3) is 0.462. The number of hydrogen-bond acceptors (Lipinski definition) is 5. The molecule has 114 valence electrons. The molecular formula is C13H18N4O2S2. The minimum absolute atomic E-state index is 0.0921. The number of H-pyrrole nitrogens is 1. The number of aromatic nitrogens is 2. The summed E-state index contributed by atoms with van der Waals surface area (Å²) in [4.78, 5) is 7.61. The van der Waals surface area contributed by atoms with Crippen molar-refractivity contribution >= 4 is 38.8 Å². The molecule has 3 rings (SSSR count). The summed E-state index contributed by atoms with van der Waals surface area (Å²) in [5, 5.41) is 8.44. The molecule has 0 spiro atoms. The lowest BCUT2D eigenvalue weighted by Gasteiger charge is -2.21. The fourth-order valence-electron chi connectivity index (χ4n) is 2.44. The first-order chi connectivity index (χ1) is 10.0. The number of primary sulfonamides is 1. The van der Waals surface area contributed by atoms with Crippen LogP contribution in [0.25, 0.3) is 11.0 Å². The second-order valence-electron chi connectivity index (χ2n) is 5.25. The summed E-state index contributed by atoms with van der Waals surface area (Å²) in [6.45, 7) is 0.891. The molecule has 2 heterocycles. The maximum atomic E-state index is 11.3. The molecule has 1 saturated heterocycles. The fourth-order valence-corrected chi connectivity index (χ4v) is 4.18. The standard InChI is InChI=1S/C13H18N4O2S2/c14-21(18,19)10-1-2-11-12(7-10)17-13(16-11)15-8-9-3-5-20-6-4-9/h1-2,7,9H,3-6,8H2,(H2,14,18,19)(H2,15,16,17). The van der Waals surface area contributed by atoms with E-state index in [0.29, 0.717) is 17.4 Å². The third-order valence-corrected chi connectivity index (χ3v) is 5.64. The van der Waals surface area contributed by atoms with Gasteiger partial charge in [-0.15, -0.1) is 0 Å². The quantitative estimate of drug-likeness (QED) is 0.795. The molecule has 0 unspecified atom stereocenters. The normalized spacial score (nSPS) is 17.2. The van der Waals surface area contributed by atoms with Crippen molar-refractivity contribution in [2.75, 3.05) is 23.4 Å². The summed E-state index contributed by atoms with van der Waals surface area (Å²) in [5.41, 5.74) is 1.40. The number of aromatic amines is 1. The van der Waals surface area contributed by atoms with E-state index in [2.05, 4.69) is 15.3 Å². The van der Waals surface area contributed by atoms with E-state index in [1.165, 1.54) is 36.5 Å². The summed E-state index contributed by atoms with van der Waals surface area (Å²) in [5.74, 6) is 3.81. The van der Waals surface area contributed by atoms with E-state index in [9.17, 15) is 8.42 Å². The van der Waals surface area contributed by atoms with E-state index in [0.717, 1.165) is 12.1 Å². The molecule has 8 heteroatoms. The van der Waals surface area contributed by atoms with Crippen LogP contribution in [-0.2, 0) is 10.0 Å². The Bertz CT molecular complexity index is 736. The van der Waals surface area contributed by atoms with Crippen molar-refractivity contribution in [2.24, 2.45) is 11.1 Å². The second kappa shape index (κ2) is 5.86. The minimum Gasteiger partial charge on any atom is -0.356 e. The summed E-state index contributed by atoms with van der Waals surface area (Å²) >= 11 is 2.01. The Labute approximate surface area is 127 Å². The van der Waals surface area contributed by atoms with Gasteiger partial charge in [0.1, 0.15) is 0 Å². The number of nitrogens with two attached hydrogens (primary N) is 1. The molecule has 2 aromatic rings. The van der Waals surface area contributed by atoms with Crippen molar-refractivity contribution in [1.29, 1.82) is 0 Å². The Morgan fingerprint density at radius 1 is 1.38 bits per heavy atom. The molecule has 1 aromatic heterocycles. The van der Waals surface area contributed by atoms with Gasteiger partial charge in [0, 0.05) is 6.54 Å². The van der Waals surface area contributed by atoms with E-state index in [1.807, 2.05) is 11.8 Å². The molecule has 0 aliphatic carbocycles. The molecule has 1 fully saturated rings. The Balaban J connectivity index is 1.74. The number of thioether (sulfide) groups is 1. The number of hydrogen-bond donors (Lipinski definition) is 3. The lowest BCUT2D eigenvalue weighted by molar-refractivity contribution is 0.515. The van der Waals surface area contributed by atoms with Gasteiger partial charge in [-0.25, -0.2) is 18.5 Å². The number of sulfonamides is 1. The molecule has 0 atom stereocenters. The zero-order valence-electron chi connectivity index (χ0n) is 11.5. The van der Waals surface area contributed by atoms with E-state index in [-0.39, 0.29) is 4.90 Å². The van der Waals surface area contributed by atoms with E-state index < -0.39 is 10.0 Å². The highest BCUT2D eigenvalue weighted by atomic mass is 32.2. The van der Waals surface area contributed by atoms with Crippen LogP contribution in [0.3, 0.4) is 0 Å². The molecule has 1 aliphatic heterocycles. The van der Waals surface area contributed by atoms with Gasteiger partial charge in [-0.3, -0.25) is 0 Å². The topological polar surface area (TPSA) is 101 Å². The van der Waals surface area contributed by atoms with Crippen LogP contribution in [0.5, 0.6) is 0 Å². The molecule has 6 nitrogen and oxygen atoms in total. The number of nitrogens with one attached hydrogen (secondary N) is 2. The predicted molar refractivity (Wildman–Crippen MR) is 86.0 cm³/mol. The van der Waals surface area contributed by atoms with Crippen LogP contribution in [-0.4, -0.2) is 36.4 Å². The van der Waals surface area contributed by atoms with Gasteiger partial charge in [0.05, 0.1) is 15.9 Å². The van der Waals surface area contributed by atoms with Crippen molar-refractivity contribution < 1.29 is 8.42 Å². The zero-order valence-corrected chi connectivity index (χ0v) is 13.1. The van der Waals surface area contributed by atoms with Gasteiger partial charge < -0.3 is 10.3 Å². The van der Waals surface area contributed by atoms with Gasteiger partial charge in [-0.05, 0) is 48.5 Å². The first kappa shape index (κ1) is 14.7. The average Bonchev–Trinajstić information content (AvgIpc) is 2.87. The van der Waals surface area contributed by atoms with E-state index >= 15 is 0 Å². The van der Waals surface area contributed by atoms with E-state index in [4.69, 9.17) is 5.14 Å². The van der Waals surface area contributed by atoms with Gasteiger partial charge in [0.25, 0.3) is 0 Å². The molecule has 21 heavy (non-hydrogen) atoms. The lowest BCUT2D eigenvalue weighted by Crippen LogP contribution is -2.19. The van der Waals surface area contributed by atoms with Crippen molar-refractivity contribution in [1.82, 2.24) is 9.97 Å². The first-order valence-electron chi connectivity index (χ1n) is 6.86. The van der Waals surface area contributed by atoms with Crippen LogP contribution in [0.2, 0.25) is 0 Å². The van der Waals surface area contributed by atoms with Gasteiger partial charge in [0.2, 0.25) is 16.0 Å². The zero-order chi connectivity index (χ0) is 14.9. The number of fused-ring (bicyclic) bond motifs is 1. The van der Waals surface area contributed by atoms with Gasteiger partial charge in [-0.1, -0.05) is 0 Å². The third kappa shape index (κ3) is 3.50. The van der Waals surface area contributed by atoms with Crippen LogP contribution >= 0.6 is 11.8 Å². The molecule has 0 saturated carbocycles. The smallest absolute Gasteiger partial charge is 0.238 e. The van der Waals surface area contributed by atoms with E-state index in [1.54, 1.807) is 6.07 Å². The number of imidazole rings is 1. The Hall–Kier alpha value is -1.25. The molecule has 4 N–H and O–H groups in total. The van der Waals surface area contributed by atoms with Gasteiger partial charge in [-0.2, -0.15) is 11.8 Å². The summed E-state index contributed by atoms with van der Waals surface area (Å²) in [6.07, 6.45) is 2.46. The SMILES string of the molecule is NS(=O)(=O)c1ccc2nc(NCC3CCSCC3)[nH]c2c1. The Kier molecular flexibility index (Phi) is 4.10. The number of benzene rings is 1. The van der Waals surface area contributed by atoms with Crippen molar-refractivity contribution in [3.8, 4) is 0 Å². The monoisotopic (exact) mass is 326 g/mol. The van der Waals surface area contributed by atoms with Gasteiger partial charge >= 0.3 is 0 Å². The number of rotatable bonds is 4. The van der Waals surface area contributed by atoms with Crippen molar-refractivity contribution in [3.05, 3.63) is 18.2 Å². The molecule has 0 bridgehead atoms. The molecule has 0 amide bonds. The largest absolute Gasteiger partial charge is 0.356 e. The van der Waals surface area contributed by atoms with Crippen LogP contribution in [0.4, 0.5) is 5.95 Å². The minimum atomic E-state index is -3.68. The average molecular weight is 326 g/mol. The van der Waals surface area contributed by atoms with Gasteiger partial charge in [0.15, 0.2) is 0 Å². The molecular weight excluding hydrogens is 308 g/mol. The van der Waals surface area contributed by atoms with Crippen molar-refractivity contribution in [3.63, 3.8) is 0 Å². The maximum absolute atomic E-state index is 11.3. The number of anilines is 1. The van der Waals surface area contributed by atoms with Crippen LogP contribution in [0.15, 0.2) is 23.1 Å². The maximum Gasteiger partial charge on any atom is 0.238 e. The second-order valence-corrected chi connectivity index (χ2v) is 8.03. The first-order valence-corrected chi connectivity index (χ1v) is 9.57. The molecule has 0 radical (unpaired) electrons. The van der Waals surface area contributed by atoms with Crippen molar-refractivity contribution in [2.45, 2.75) is 17.7 Å². The van der Waals surface area contributed by atoms with Crippen LogP contribution in [0, 0.1) is 5.92 Å². The summed E-state index contributed by atoms with van der Waals surface area (Å²) in [7, 11) is -3.68. The molecule has 1 aromatic carbocycles. The highest BCUT2D eigenvalue weighted by molar-refractivity contribution is 7.99. The number of nitrogens with zero attached hydrogens (tertiary/aromatic N) is 1. The Morgan fingerprint density at radius 3 is 2.86 bits per heavy atom. The summed E-state index contributed by atoms with van der Waals surface area (Å²) < 4.78 is 22.7. The highest BCUT2D eigenvalue weighted by Crippen LogP contribution is 2.23. The third-order valence-electron chi connectivity index (χ3n) is 3.68. The molecule has 1 aliphatic rings. The highest BCUT2D eigenvalue weighted by Gasteiger charge is 2.14. The van der Waals surface area contributed by atoms with Crippen LogP contribution < -0.4 is 10.5 Å².